The minimum atomic E-state index is -0.262. The molecule has 3 N–H and O–H groups in total. The fraction of sp³-hybridized carbons (Fsp3) is 0.421. The topological polar surface area (TPSA) is 111 Å². The molecule has 2 aromatic rings. The number of ether oxygens (including phenoxy) is 2. The number of nitrogens with zero attached hydrogens (tertiary/aromatic N) is 3. The van der Waals surface area contributed by atoms with Crippen molar-refractivity contribution in [1.29, 1.82) is 0 Å². The van der Waals surface area contributed by atoms with E-state index in [0.29, 0.717) is 24.3 Å². The van der Waals surface area contributed by atoms with Gasteiger partial charge in [0.05, 0.1) is 11.3 Å². The minimum absolute atomic E-state index is 0.0703. The van der Waals surface area contributed by atoms with Crippen LogP contribution in [0.4, 0.5) is 5.82 Å². The number of phenols is 1. The number of aromatic nitrogens is 2. The Morgan fingerprint density at radius 1 is 1.22 bits per heavy atom. The molecule has 1 aromatic heterocycles. The summed E-state index contributed by atoms with van der Waals surface area (Å²) in [6.45, 7) is 1.17. The summed E-state index contributed by atoms with van der Waals surface area (Å²) in [5, 5.41) is 17.9. The maximum absolute atomic E-state index is 13.0. The molecule has 27 heavy (non-hydrogen) atoms. The molecular weight excluding hydrogens is 348 g/mol. The first-order valence-electron chi connectivity index (χ1n) is 8.81. The number of nitrogen functional groups attached to an aromatic ring is 1. The van der Waals surface area contributed by atoms with Gasteiger partial charge in [-0.3, -0.25) is 4.79 Å². The van der Waals surface area contributed by atoms with Crippen molar-refractivity contribution in [2.45, 2.75) is 19.1 Å². The number of carbonyl (C=O) groups is 1. The van der Waals surface area contributed by atoms with E-state index in [9.17, 15) is 9.90 Å². The number of para-hydroxylation sites is 1. The minimum Gasteiger partial charge on any atom is -0.507 e. The Bertz CT molecular complexity index is 802. The van der Waals surface area contributed by atoms with Crippen molar-refractivity contribution in [3.8, 4) is 17.0 Å². The predicted octanol–water partition coefficient (Wildman–Crippen LogP) is 1.90. The number of hydrogen-bond donors (Lipinski definition) is 2. The van der Waals surface area contributed by atoms with Crippen LogP contribution in [0.3, 0.4) is 0 Å². The summed E-state index contributed by atoms with van der Waals surface area (Å²) in [7, 11) is 3.24. The van der Waals surface area contributed by atoms with Gasteiger partial charge in [-0.05, 0) is 31.0 Å². The summed E-state index contributed by atoms with van der Waals surface area (Å²) in [6, 6.07) is 8.35. The number of rotatable bonds is 5. The van der Waals surface area contributed by atoms with Crippen molar-refractivity contribution < 1.29 is 19.4 Å². The van der Waals surface area contributed by atoms with Crippen LogP contribution in [-0.2, 0) is 9.47 Å². The molecule has 2 heterocycles. The molecule has 1 amide bonds. The highest BCUT2D eigenvalue weighted by Gasteiger charge is 2.30. The first-order chi connectivity index (χ1) is 13.0. The highest BCUT2D eigenvalue weighted by atomic mass is 16.7. The number of piperidine rings is 1. The lowest BCUT2D eigenvalue weighted by Crippen LogP contribution is -2.42. The molecule has 0 radical (unpaired) electrons. The number of phenolic OH excluding ortho intramolecular Hbond substituents is 1. The van der Waals surface area contributed by atoms with Crippen LogP contribution in [-0.4, -0.2) is 59.7 Å². The second-order valence-corrected chi connectivity index (χ2v) is 6.52. The zero-order valence-electron chi connectivity index (χ0n) is 15.5. The molecule has 8 heteroatoms. The monoisotopic (exact) mass is 372 g/mol. The molecule has 0 atom stereocenters. The SMILES string of the molecule is COC(OC)C1CCN(C(=O)c2cc(-c3ccccc3O)nnc2N)CC1. The van der Waals surface area contributed by atoms with Gasteiger partial charge in [0.25, 0.3) is 5.91 Å². The predicted molar refractivity (Wildman–Crippen MR) is 100.0 cm³/mol. The van der Waals surface area contributed by atoms with Crippen LogP contribution in [0.5, 0.6) is 5.75 Å². The second-order valence-electron chi connectivity index (χ2n) is 6.52. The van der Waals surface area contributed by atoms with E-state index in [0.717, 1.165) is 12.8 Å². The Hall–Kier alpha value is -2.71. The summed E-state index contributed by atoms with van der Waals surface area (Å²) in [6.07, 6.45) is 1.30. The maximum atomic E-state index is 13.0. The van der Waals surface area contributed by atoms with Crippen LogP contribution in [0.15, 0.2) is 30.3 Å². The average molecular weight is 372 g/mol. The van der Waals surface area contributed by atoms with Crippen molar-refractivity contribution in [3.05, 3.63) is 35.9 Å². The molecule has 8 nitrogen and oxygen atoms in total. The van der Waals surface area contributed by atoms with Gasteiger partial charge in [0.2, 0.25) is 0 Å². The second kappa shape index (κ2) is 8.32. The zero-order chi connectivity index (χ0) is 19.4. The van der Waals surface area contributed by atoms with Gasteiger partial charge in [0.1, 0.15) is 5.75 Å². The van der Waals surface area contributed by atoms with Gasteiger partial charge in [-0.2, -0.15) is 0 Å². The molecule has 0 aliphatic carbocycles. The smallest absolute Gasteiger partial charge is 0.257 e. The number of benzene rings is 1. The third kappa shape index (κ3) is 4.01. The quantitative estimate of drug-likeness (QED) is 0.771. The standard InChI is InChI=1S/C19H24N4O4/c1-26-19(27-2)12-7-9-23(10-8-12)18(25)14-11-15(21-22-17(14)20)13-5-3-4-6-16(13)24/h3-6,11-12,19,24H,7-10H2,1-2H3,(H2,20,22). The number of carbonyl (C=O) groups excluding carboxylic acids is 1. The third-order valence-corrected chi connectivity index (χ3v) is 4.91. The number of aromatic hydroxyl groups is 1. The van der Waals surface area contributed by atoms with Crippen LogP contribution in [0.25, 0.3) is 11.3 Å². The van der Waals surface area contributed by atoms with Gasteiger partial charge in [-0.15, -0.1) is 10.2 Å². The first-order valence-corrected chi connectivity index (χ1v) is 8.81. The van der Waals surface area contributed by atoms with E-state index in [1.165, 1.54) is 0 Å². The summed E-state index contributed by atoms with van der Waals surface area (Å²) < 4.78 is 10.7. The summed E-state index contributed by atoms with van der Waals surface area (Å²) in [5.41, 5.74) is 7.10. The Balaban J connectivity index is 1.78. The van der Waals surface area contributed by atoms with Crippen LogP contribution < -0.4 is 5.73 Å². The van der Waals surface area contributed by atoms with Crippen LogP contribution in [0, 0.1) is 5.92 Å². The van der Waals surface area contributed by atoms with E-state index < -0.39 is 0 Å². The molecule has 1 fully saturated rings. The number of likely N-dealkylation sites (tertiary alicyclic amines) is 1. The molecule has 1 aromatic carbocycles. The number of nitrogens with two attached hydrogens (primary N) is 1. The van der Waals surface area contributed by atoms with E-state index in [1.54, 1.807) is 49.5 Å². The molecule has 0 bridgehead atoms. The average Bonchev–Trinajstić information content (AvgIpc) is 2.70. The number of hydrogen-bond acceptors (Lipinski definition) is 7. The zero-order valence-corrected chi connectivity index (χ0v) is 15.5. The molecule has 1 saturated heterocycles. The van der Waals surface area contributed by atoms with Gasteiger partial charge in [0.15, 0.2) is 12.1 Å². The van der Waals surface area contributed by atoms with Crippen molar-refractivity contribution in [3.63, 3.8) is 0 Å². The Morgan fingerprint density at radius 2 is 1.89 bits per heavy atom. The molecule has 3 rings (SSSR count). The molecule has 144 valence electrons. The summed E-state index contributed by atoms with van der Waals surface area (Å²) in [5.74, 6) is 0.201. The molecule has 0 saturated carbocycles. The van der Waals surface area contributed by atoms with E-state index in [1.807, 2.05) is 0 Å². The number of anilines is 1. The summed E-state index contributed by atoms with van der Waals surface area (Å²) in [4.78, 5) is 14.7. The van der Waals surface area contributed by atoms with Crippen molar-refractivity contribution in [1.82, 2.24) is 15.1 Å². The van der Waals surface area contributed by atoms with Crippen molar-refractivity contribution in [2.24, 2.45) is 5.92 Å². The van der Waals surface area contributed by atoms with Crippen LogP contribution in [0.1, 0.15) is 23.2 Å². The summed E-state index contributed by atoms with van der Waals surface area (Å²) >= 11 is 0. The number of amides is 1. The van der Waals surface area contributed by atoms with Gasteiger partial charge in [-0.1, -0.05) is 12.1 Å². The Labute approximate surface area is 157 Å². The van der Waals surface area contributed by atoms with Crippen molar-refractivity contribution >= 4 is 11.7 Å². The van der Waals surface area contributed by atoms with E-state index in [-0.39, 0.29) is 35.2 Å². The third-order valence-electron chi connectivity index (χ3n) is 4.91. The molecular formula is C19H24N4O4. The first kappa shape index (κ1) is 19.1. The highest BCUT2D eigenvalue weighted by Crippen LogP contribution is 2.29. The lowest BCUT2D eigenvalue weighted by Gasteiger charge is -2.34. The normalized spacial score (nSPS) is 15.3. The molecule has 1 aliphatic heterocycles. The highest BCUT2D eigenvalue weighted by molar-refractivity contribution is 5.99. The fourth-order valence-corrected chi connectivity index (χ4v) is 3.42. The molecule has 0 unspecified atom stereocenters. The van der Waals surface area contributed by atoms with E-state index >= 15 is 0 Å². The molecule has 0 spiro atoms. The van der Waals surface area contributed by atoms with Crippen LogP contribution >= 0.6 is 0 Å². The van der Waals surface area contributed by atoms with Gasteiger partial charge in [0, 0.05) is 38.8 Å². The van der Waals surface area contributed by atoms with E-state index in [2.05, 4.69) is 10.2 Å². The fourth-order valence-electron chi connectivity index (χ4n) is 3.42. The number of methoxy groups -OCH3 is 2. The van der Waals surface area contributed by atoms with Gasteiger partial charge in [-0.25, -0.2) is 0 Å². The largest absolute Gasteiger partial charge is 0.507 e. The maximum Gasteiger partial charge on any atom is 0.257 e. The Morgan fingerprint density at radius 3 is 2.52 bits per heavy atom. The van der Waals surface area contributed by atoms with Crippen LogP contribution in [0.2, 0.25) is 0 Å². The van der Waals surface area contributed by atoms with Gasteiger partial charge >= 0.3 is 0 Å². The van der Waals surface area contributed by atoms with E-state index in [4.69, 9.17) is 15.2 Å². The Kier molecular flexibility index (Phi) is 5.88. The molecule has 1 aliphatic rings. The lowest BCUT2D eigenvalue weighted by molar-refractivity contribution is -0.145. The van der Waals surface area contributed by atoms with Gasteiger partial charge < -0.3 is 25.2 Å². The van der Waals surface area contributed by atoms with Crippen molar-refractivity contribution in [2.75, 3.05) is 33.0 Å². The lowest BCUT2D eigenvalue weighted by atomic mass is 9.95.